The van der Waals surface area contributed by atoms with Crippen molar-refractivity contribution in [3.05, 3.63) is 66.4 Å². The van der Waals surface area contributed by atoms with Crippen molar-refractivity contribution in [1.82, 2.24) is 0 Å². The van der Waals surface area contributed by atoms with Crippen LogP contribution in [-0.2, 0) is 7.05 Å². The summed E-state index contributed by atoms with van der Waals surface area (Å²) in [7, 11) is 2.17. The molecule has 0 fully saturated rings. The maximum absolute atomic E-state index is 2.41. The van der Waals surface area contributed by atoms with Crippen LogP contribution in [0.25, 0.3) is 42.2 Å². The molecular weight excluding hydrogens is 354 g/mol. The van der Waals surface area contributed by atoms with E-state index in [0.717, 1.165) is 0 Å². The Morgan fingerprint density at radius 2 is 1.73 bits per heavy atom. The molecule has 0 spiro atoms. The van der Waals surface area contributed by atoms with E-state index < -0.39 is 0 Å². The highest BCUT2D eigenvalue weighted by Gasteiger charge is 2.29. The predicted octanol–water partition coefficient (Wildman–Crippen LogP) is 6.47. The van der Waals surface area contributed by atoms with Gasteiger partial charge in [0, 0.05) is 41.4 Å². The molecule has 0 saturated carbocycles. The van der Waals surface area contributed by atoms with Crippen molar-refractivity contribution >= 4 is 54.0 Å². The number of aryl methyl sites for hydroxylation is 2. The van der Waals surface area contributed by atoms with Crippen LogP contribution < -0.4 is 4.57 Å². The average molecular weight is 371 g/mol. The topological polar surface area (TPSA) is 3.88 Å². The van der Waals surface area contributed by atoms with E-state index in [1.54, 1.807) is 0 Å². The third kappa shape index (κ3) is 1.80. The quantitative estimate of drug-likeness (QED) is 0.277. The molecule has 0 radical (unpaired) electrons. The molecule has 0 amide bonds. The van der Waals surface area contributed by atoms with Gasteiger partial charge in [0.1, 0.15) is 7.05 Å². The van der Waals surface area contributed by atoms with Gasteiger partial charge in [0.2, 0.25) is 5.69 Å². The first kappa shape index (κ1) is 14.8. The first-order valence-electron chi connectivity index (χ1n) is 8.77. The number of hydrogen-bond acceptors (Lipinski definition) is 2. The van der Waals surface area contributed by atoms with Crippen LogP contribution in [0.5, 0.6) is 0 Å². The molecule has 6 rings (SSSR count). The number of rotatable bonds is 0. The van der Waals surface area contributed by atoms with Crippen molar-refractivity contribution in [2.24, 2.45) is 7.05 Å². The van der Waals surface area contributed by atoms with Gasteiger partial charge in [0.05, 0.1) is 10.9 Å². The standard InChI is InChI=1S/C23H16NS2/c1-13-6-5-9-18-20(13)22-21-15(10-11-24(22)2)23-16(12-19(21)25-18)14-7-3-4-8-17(14)26-23/h3-12H,1-2H3/q+1. The molecule has 0 atom stereocenters. The van der Waals surface area contributed by atoms with Crippen LogP contribution in [0, 0.1) is 6.92 Å². The summed E-state index contributed by atoms with van der Waals surface area (Å²) in [4.78, 5) is 2.74. The van der Waals surface area contributed by atoms with Crippen LogP contribution >= 0.6 is 23.1 Å². The molecule has 0 bridgehead atoms. The number of pyridine rings is 1. The van der Waals surface area contributed by atoms with E-state index in [2.05, 4.69) is 79.3 Å². The first-order chi connectivity index (χ1) is 12.7. The maximum Gasteiger partial charge on any atom is 0.222 e. The number of fused-ring (bicyclic) bond motifs is 6. The van der Waals surface area contributed by atoms with Crippen LogP contribution in [-0.4, -0.2) is 0 Å². The lowest BCUT2D eigenvalue weighted by Crippen LogP contribution is -2.31. The second-order valence-electron chi connectivity index (χ2n) is 6.96. The van der Waals surface area contributed by atoms with Gasteiger partial charge < -0.3 is 0 Å². The van der Waals surface area contributed by atoms with Gasteiger partial charge in [-0.05, 0) is 30.7 Å². The zero-order valence-corrected chi connectivity index (χ0v) is 16.2. The summed E-state index contributed by atoms with van der Waals surface area (Å²) in [5.74, 6) is 0. The first-order valence-corrected chi connectivity index (χ1v) is 10.4. The van der Waals surface area contributed by atoms with Crippen molar-refractivity contribution in [3.8, 4) is 11.3 Å². The lowest BCUT2D eigenvalue weighted by Gasteiger charge is -2.19. The van der Waals surface area contributed by atoms with Gasteiger partial charge in [-0.25, -0.2) is 4.57 Å². The normalized spacial score (nSPS) is 12.8. The van der Waals surface area contributed by atoms with Crippen LogP contribution in [0.3, 0.4) is 0 Å². The van der Waals surface area contributed by atoms with Crippen LogP contribution in [0.4, 0.5) is 0 Å². The van der Waals surface area contributed by atoms with Crippen molar-refractivity contribution < 1.29 is 4.57 Å². The van der Waals surface area contributed by atoms with Gasteiger partial charge in [-0.3, -0.25) is 0 Å². The smallest absolute Gasteiger partial charge is 0.200 e. The Kier molecular flexibility index (Phi) is 2.89. The van der Waals surface area contributed by atoms with E-state index >= 15 is 0 Å². The summed E-state index contributed by atoms with van der Waals surface area (Å²) in [5, 5.41) is 5.54. The zero-order valence-electron chi connectivity index (χ0n) is 14.5. The monoisotopic (exact) mass is 370 g/mol. The summed E-state index contributed by atoms with van der Waals surface area (Å²) in [6, 6.07) is 20.1. The molecule has 0 unspecified atom stereocenters. The van der Waals surface area contributed by atoms with E-state index in [0.29, 0.717) is 0 Å². The molecule has 0 saturated heterocycles. The van der Waals surface area contributed by atoms with Gasteiger partial charge in [0.25, 0.3) is 0 Å². The molecule has 124 valence electrons. The van der Waals surface area contributed by atoms with E-state index in [1.165, 1.54) is 57.6 Å². The lowest BCUT2D eigenvalue weighted by molar-refractivity contribution is -0.659. The third-order valence-electron chi connectivity index (χ3n) is 5.42. The number of aromatic nitrogens is 1. The maximum atomic E-state index is 2.41. The van der Waals surface area contributed by atoms with Crippen molar-refractivity contribution in [2.75, 3.05) is 0 Å². The number of hydrogen-bond donors (Lipinski definition) is 0. The zero-order chi connectivity index (χ0) is 17.4. The molecule has 2 aromatic heterocycles. The Hall–Kier alpha value is -2.36. The predicted molar refractivity (Wildman–Crippen MR) is 112 cm³/mol. The third-order valence-corrected chi connectivity index (χ3v) is 7.74. The summed E-state index contributed by atoms with van der Waals surface area (Å²) in [6.45, 7) is 2.22. The Labute approximate surface area is 159 Å². The fourth-order valence-corrected chi connectivity index (χ4v) is 6.67. The van der Waals surface area contributed by atoms with Gasteiger partial charge in [-0.1, -0.05) is 42.1 Å². The van der Waals surface area contributed by atoms with Gasteiger partial charge in [-0.2, -0.15) is 0 Å². The molecule has 26 heavy (non-hydrogen) atoms. The number of nitrogens with zero attached hydrogens (tertiary/aromatic N) is 1. The SMILES string of the molecule is Cc1cccc2c1-c1c3c(cc4c5ccccc5sc4c3cc[n+]1C)S2. The molecule has 1 nitrogen and oxygen atoms in total. The van der Waals surface area contributed by atoms with Gasteiger partial charge in [0.15, 0.2) is 6.20 Å². The minimum atomic E-state index is 1.35. The Morgan fingerprint density at radius 1 is 0.846 bits per heavy atom. The Morgan fingerprint density at radius 3 is 2.65 bits per heavy atom. The van der Waals surface area contributed by atoms with E-state index in [9.17, 15) is 0 Å². The molecule has 1 aliphatic heterocycles. The Bertz CT molecular complexity index is 1380. The van der Waals surface area contributed by atoms with Crippen molar-refractivity contribution in [1.29, 1.82) is 0 Å². The Balaban J connectivity index is 1.88. The minimum Gasteiger partial charge on any atom is -0.200 e. The fourth-order valence-electron chi connectivity index (χ4n) is 4.23. The molecule has 5 aromatic rings. The van der Waals surface area contributed by atoms with E-state index in [1.807, 2.05) is 23.1 Å². The molecule has 3 heterocycles. The highest BCUT2D eigenvalue weighted by atomic mass is 32.2. The lowest BCUT2D eigenvalue weighted by atomic mass is 9.97. The fraction of sp³-hybridized carbons (Fsp3) is 0.0870. The molecule has 0 N–H and O–H groups in total. The van der Waals surface area contributed by atoms with Crippen LogP contribution in [0.2, 0.25) is 0 Å². The highest BCUT2D eigenvalue weighted by Crippen LogP contribution is 2.51. The molecule has 1 aliphatic rings. The van der Waals surface area contributed by atoms with Gasteiger partial charge >= 0.3 is 0 Å². The van der Waals surface area contributed by atoms with E-state index in [-0.39, 0.29) is 0 Å². The highest BCUT2D eigenvalue weighted by molar-refractivity contribution is 7.99. The number of benzene rings is 3. The summed E-state index contributed by atoms with van der Waals surface area (Å²) >= 11 is 3.83. The number of thiophene rings is 1. The largest absolute Gasteiger partial charge is 0.222 e. The summed E-state index contributed by atoms with van der Waals surface area (Å²) in [6.07, 6.45) is 2.22. The molecular formula is C23H16NS2+. The molecule has 3 heteroatoms. The van der Waals surface area contributed by atoms with E-state index in [4.69, 9.17) is 0 Å². The second-order valence-corrected chi connectivity index (χ2v) is 9.10. The minimum absolute atomic E-state index is 1.35. The summed E-state index contributed by atoms with van der Waals surface area (Å²) < 4.78 is 5.06. The van der Waals surface area contributed by atoms with Gasteiger partial charge in [-0.15, -0.1) is 11.3 Å². The molecule has 0 aliphatic carbocycles. The second kappa shape index (κ2) is 5.09. The summed E-state index contributed by atoms with van der Waals surface area (Å²) in [5.41, 5.74) is 4.09. The van der Waals surface area contributed by atoms with Crippen LogP contribution in [0.1, 0.15) is 5.56 Å². The van der Waals surface area contributed by atoms with Crippen LogP contribution in [0.15, 0.2) is 70.6 Å². The molecule has 3 aromatic carbocycles. The average Bonchev–Trinajstić information content (AvgIpc) is 3.02. The van der Waals surface area contributed by atoms with Crippen molar-refractivity contribution in [2.45, 2.75) is 16.7 Å². The van der Waals surface area contributed by atoms with Crippen molar-refractivity contribution in [3.63, 3.8) is 0 Å².